The van der Waals surface area contributed by atoms with Gasteiger partial charge in [0.1, 0.15) is 12.7 Å². The van der Waals surface area contributed by atoms with E-state index in [2.05, 4.69) is 99.9 Å². The van der Waals surface area contributed by atoms with Crippen LogP contribution in [0.5, 0.6) is 0 Å². The SMILES string of the molecule is CCC(C)(C)C(=O)O.CCC(C)(C)C(=O)O.CCC(C)(C)C(=O)OC.CCC(C)(C)C(=O)OC.CCC(C)(C)C(=O)OC.CCC(C)(C)C(=O)OCC1CO1.CCC(C)c1ccccc1.CCC1(C(=O)OC)COCC(C)(C)C1.CCC1(C(=O)OC)COCC(C)(C)C1.CCC1(C(=O)OC)COCC(C)(C)C1.O=C=O.O=C=O.O=C=O. The Labute approximate surface area is 696 Å². The summed E-state index contributed by atoms with van der Waals surface area (Å²) in [6.07, 6.45) is 11.7. The fourth-order valence-electron chi connectivity index (χ4n) is 10.0. The third-order valence-electron chi connectivity index (χ3n) is 21.0. The standard InChI is InChI=1S/3C11H20O3.C10H14.C9H16O3.3C7H14O2.2C6H12O2.3CO2/c3*1-5-11(9(12)13-4)6-10(2,3)7-14-8-11;1-3-9(2)10-7-5-4-6-8-10;1-4-9(2,3)8(10)12-6-7-5-11-7;3*1-5-7(2,3)6(8)9-4;2*1-4-6(2,3)5(7)8;3*2-1-3/h3*5-8H2,1-4H3;4-9H,3H2,1-2H3;7H,4-6H2,1-3H3;3*5H2,1-4H3;2*4H2,1-3H3,(H,7,8);;;. The smallest absolute Gasteiger partial charge is 0.373 e. The zero-order valence-electron chi connectivity index (χ0n) is 77.9. The van der Waals surface area contributed by atoms with Crippen molar-refractivity contribution in [2.24, 2.45) is 65.0 Å². The monoisotopic (exact) mass is 1660 g/mol. The molecule has 2 N–H and O–H groups in total. The lowest BCUT2D eigenvalue weighted by atomic mass is 9.70. The van der Waals surface area contributed by atoms with E-state index in [0.29, 0.717) is 45.2 Å². The quantitative estimate of drug-likeness (QED) is 0.0618. The van der Waals surface area contributed by atoms with Crippen molar-refractivity contribution in [3.63, 3.8) is 0 Å². The zero-order chi connectivity index (χ0) is 93.2. The highest BCUT2D eigenvalue weighted by Gasteiger charge is 2.49. The van der Waals surface area contributed by atoms with Crippen molar-refractivity contribution < 1.29 is 134 Å². The van der Waals surface area contributed by atoms with Crippen molar-refractivity contribution in [3.05, 3.63) is 35.9 Å². The van der Waals surface area contributed by atoms with E-state index in [9.17, 15) is 43.2 Å². The molecule has 0 radical (unpaired) electrons. The van der Waals surface area contributed by atoms with Crippen LogP contribution in [-0.4, -0.2) is 184 Å². The fraction of sp³-hybridized carbons (Fsp3) is 0.795. The van der Waals surface area contributed by atoms with E-state index < -0.39 is 39.0 Å². The molecule has 0 bridgehead atoms. The summed E-state index contributed by atoms with van der Waals surface area (Å²) in [5, 5.41) is 16.9. The molecule has 1 aromatic rings. The van der Waals surface area contributed by atoms with Crippen LogP contribution in [0.15, 0.2) is 30.3 Å². The molecule has 4 fully saturated rings. The molecule has 4 saturated heterocycles. The number of carbonyl (C=O) groups is 9. The molecule has 0 aromatic heterocycles. The molecule has 28 nitrogen and oxygen atoms in total. The molecule has 116 heavy (non-hydrogen) atoms. The van der Waals surface area contributed by atoms with E-state index in [0.717, 1.165) is 90.6 Å². The van der Waals surface area contributed by atoms with E-state index in [1.54, 1.807) is 27.7 Å². The van der Waals surface area contributed by atoms with E-state index >= 15 is 0 Å². The second-order valence-electron chi connectivity index (χ2n) is 34.9. The number of carbonyl (C=O) groups excluding carboxylic acids is 13. The van der Waals surface area contributed by atoms with Gasteiger partial charge in [-0.1, -0.05) is 148 Å². The van der Waals surface area contributed by atoms with Crippen molar-refractivity contribution >= 4 is 72.2 Å². The molecule has 0 aliphatic carbocycles. The number of epoxide rings is 1. The van der Waals surface area contributed by atoms with Crippen molar-refractivity contribution in [1.29, 1.82) is 0 Å². The lowest BCUT2D eigenvalue weighted by Gasteiger charge is -2.42. The number of hydrogen-bond donors (Lipinski definition) is 2. The van der Waals surface area contributed by atoms with Gasteiger partial charge in [-0.3, -0.25) is 43.2 Å². The molecule has 0 saturated carbocycles. The second kappa shape index (κ2) is 61.7. The first-order chi connectivity index (χ1) is 53.1. The summed E-state index contributed by atoms with van der Waals surface area (Å²) in [4.78, 5) is 148. The van der Waals surface area contributed by atoms with Crippen molar-refractivity contribution in [2.75, 3.05) is 95.5 Å². The van der Waals surface area contributed by atoms with Crippen LogP contribution in [-0.2, 0) is 124 Å². The first kappa shape index (κ1) is 124. The summed E-state index contributed by atoms with van der Waals surface area (Å²) < 4.78 is 54.8. The summed E-state index contributed by atoms with van der Waals surface area (Å²) in [5.41, 5.74) is -1.96. The van der Waals surface area contributed by atoms with Crippen LogP contribution >= 0.6 is 0 Å². The topological polar surface area (TPSA) is 401 Å². The second-order valence-corrected chi connectivity index (χ2v) is 34.9. The summed E-state index contributed by atoms with van der Waals surface area (Å²) >= 11 is 0. The average Bonchev–Trinajstić information content (AvgIpc) is 1.10. The van der Waals surface area contributed by atoms with E-state index in [1.807, 2.05) is 118 Å². The van der Waals surface area contributed by atoms with E-state index in [1.165, 1.54) is 54.6 Å². The minimum atomic E-state index is -0.722. The molecule has 1 aromatic carbocycles. The maximum atomic E-state index is 11.7. The number of rotatable bonds is 22. The van der Waals surface area contributed by atoms with Gasteiger partial charge in [0.25, 0.3) is 0 Å². The van der Waals surface area contributed by atoms with Crippen molar-refractivity contribution in [3.8, 4) is 0 Å². The third-order valence-corrected chi connectivity index (χ3v) is 21.0. The number of carboxylic acids is 2. The third kappa shape index (κ3) is 53.0. The Morgan fingerprint density at radius 2 is 0.621 bits per heavy atom. The Balaban J connectivity index is -0.000000185. The number of hydrogen-bond acceptors (Lipinski definition) is 26. The summed E-state index contributed by atoms with van der Waals surface area (Å²) in [7, 11) is 8.59. The number of aliphatic carboxylic acids is 2. The van der Waals surface area contributed by atoms with Gasteiger partial charge in [0, 0.05) is 0 Å². The Bertz CT molecular complexity index is 2790. The molecular weight excluding hydrogens is 1500 g/mol. The Kier molecular flexibility index (Phi) is 66.0. The van der Waals surface area contributed by atoms with Crippen molar-refractivity contribution in [2.45, 2.75) is 296 Å². The number of esters is 7. The molecular formula is C88H156O28. The number of carboxylic acid groups (broad SMARTS) is 2. The fourth-order valence-corrected chi connectivity index (χ4v) is 10.0. The molecule has 4 aliphatic rings. The maximum absolute atomic E-state index is 11.7. The highest BCUT2D eigenvalue weighted by atomic mass is 16.6. The van der Waals surface area contributed by atoms with Crippen LogP contribution in [0, 0.1) is 65.0 Å². The van der Waals surface area contributed by atoms with Crippen LogP contribution in [0.1, 0.15) is 296 Å². The van der Waals surface area contributed by atoms with E-state index in [4.69, 9.17) is 76.9 Å². The van der Waals surface area contributed by atoms with E-state index in [-0.39, 0.29) is 104 Å². The highest BCUT2D eigenvalue weighted by molar-refractivity contribution is 5.79. The number of ether oxygens (including phenoxy) is 11. The Morgan fingerprint density at radius 3 is 0.767 bits per heavy atom. The number of benzene rings is 1. The first-order valence-electron chi connectivity index (χ1n) is 39.7. The van der Waals surface area contributed by atoms with Gasteiger partial charge in [0.05, 0.1) is 138 Å². The van der Waals surface area contributed by atoms with Gasteiger partial charge in [-0.2, -0.15) is 28.8 Å². The van der Waals surface area contributed by atoms with Gasteiger partial charge in [0.2, 0.25) is 0 Å². The van der Waals surface area contributed by atoms with Crippen LogP contribution in [0.25, 0.3) is 0 Å². The lowest BCUT2D eigenvalue weighted by molar-refractivity contribution is -0.193. The Hall–Kier alpha value is -7.57. The summed E-state index contributed by atoms with van der Waals surface area (Å²) in [6.45, 7) is 61.6. The molecule has 0 amide bonds. The molecule has 5 atom stereocenters. The van der Waals surface area contributed by atoms with Gasteiger partial charge in [0.15, 0.2) is 0 Å². The van der Waals surface area contributed by atoms with Gasteiger partial charge in [-0.05, 0) is 194 Å². The Morgan fingerprint density at radius 1 is 0.397 bits per heavy atom. The van der Waals surface area contributed by atoms with Crippen LogP contribution in [0.3, 0.4) is 0 Å². The summed E-state index contributed by atoms with van der Waals surface area (Å²) in [5.74, 6) is -1.66. The number of methoxy groups -OCH3 is 6. The van der Waals surface area contributed by atoms with Crippen molar-refractivity contribution in [1.82, 2.24) is 0 Å². The van der Waals surface area contributed by atoms with Crippen LogP contribution in [0.4, 0.5) is 0 Å². The minimum Gasteiger partial charge on any atom is -0.481 e. The molecule has 676 valence electrons. The molecule has 28 heteroatoms. The first-order valence-corrected chi connectivity index (χ1v) is 39.7. The average molecular weight is 1660 g/mol. The van der Waals surface area contributed by atoms with Gasteiger partial charge >= 0.3 is 72.2 Å². The molecule has 4 heterocycles. The zero-order valence-corrected chi connectivity index (χ0v) is 77.9. The van der Waals surface area contributed by atoms with Gasteiger partial charge in [-0.25, -0.2) is 0 Å². The molecule has 4 aliphatic heterocycles. The minimum absolute atomic E-state index is 0.0719. The molecule has 5 unspecified atom stereocenters. The highest BCUT2D eigenvalue weighted by Crippen LogP contribution is 2.45. The van der Waals surface area contributed by atoms with Gasteiger partial charge in [-0.15, -0.1) is 0 Å². The largest absolute Gasteiger partial charge is 0.481 e. The summed E-state index contributed by atoms with van der Waals surface area (Å²) in [6, 6.07) is 10.6. The van der Waals surface area contributed by atoms with Crippen LogP contribution in [0.2, 0.25) is 0 Å². The van der Waals surface area contributed by atoms with Crippen LogP contribution < -0.4 is 0 Å². The van der Waals surface area contributed by atoms with Gasteiger partial charge < -0.3 is 62.3 Å². The lowest BCUT2D eigenvalue weighted by Crippen LogP contribution is -2.46. The predicted octanol–water partition coefficient (Wildman–Crippen LogP) is 16.6. The predicted molar refractivity (Wildman–Crippen MR) is 438 cm³/mol. The molecule has 0 spiro atoms. The molecule has 5 rings (SSSR count). The normalized spacial score (nSPS) is 19.0. The maximum Gasteiger partial charge on any atom is 0.373 e.